The average Bonchev–Trinajstić information content (AvgIpc) is 2.62. The predicted molar refractivity (Wildman–Crippen MR) is 101 cm³/mol. The normalized spacial score (nSPS) is 10.2. The lowest BCUT2D eigenvalue weighted by molar-refractivity contribution is -0.116. The molecule has 0 bridgehead atoms. The van der Waals surface area contributed by atoms with Crippen LogP contribution in [0, 0.1) is 0 Å². The molecule has 0 unspecified atom stereocenters. The van der Waals surface area contributed by atoms with Crippen LogP contribution in [0.1, 0.15) is 36.2 Å². The van der Waals surface area contributed by atoms with Gasteiger partial charge < -0.3 is 20.5 Å². The van der Waals surface area contributed by atoms with E-state index in [1.165, 1.54) is 0 Å². The Balaban J connectivity index is 2.01. The maximum atomic E-state index is 12.2. The lowest BCUT2D eigenvalue weighted by Gasteiger charge is -2.13. The number of carbonyl (C=O) groups is 2. The van der Waals surface area contributed by atoms with Gasteiger partial charge in [0.05, 0.1) is 24.5 Å². The number of para-hydroxylation sites is 1. The third-order valence-electron chi connectivity index (χ3n) is 3.72. The number of ether oxygens (including phenoxy) is 2. The summed E-state index contributed by atoms with van der Waals surface area (Å²) in [4.78, 5) is 23.6. The molecule has 2 aromatic carbocycles. The molecule has 0 aromatic heterocycles. The molecule has 3 N–H and O–H groups in total. The summed E-state index contributed by atoms with van der Waals surface area (Å²) in [6, 6.07) is 12.3. The van der Waals surface area contributed by atoms with Crippen molar-refractivity contribution in [3.05, 3.63) is 53.6 Å². The minimum absolute atomic E-state index is 0.189. The third kappa shape index (κ3) is 5.24. The topological polar surface area (TPSA) is 90.6 Å². The summed E-state index contributed by atoms with van der Waals surface area (Å²) in [5, 5.41) is 2.74. The number of nitrogens with two attached hydrogens (primary N) is 1. The fourth-order valence-electron chi connectivity index (χ4n) is 2.53. The fraction of sp³-hybridized carbons (Fsp3) is 0.300. The van der Waals surface area contributed by atoms with Crippen molar-refractivity contribution in [2.75, 3.05) is 18.5 Å². The van der Waals surface area contributed by atoms with E-state index in [9.17, 15) is 9.59 Å². The van der Waals surface area contributed by atoms with Gasteiger partial charge in [0.1, 0.15) is 0 Å². The van der Waals surface area contributed by atoms with E-state index in [2.05, 4.69) is 5.32 Å². The summed E-state index contributed by atoms with van der Waals surface area (Å²) in [6.07, 6.45) is 0.809. The second kappa shape index (κ2) is 9.46. The Bertz CT molecular complexity index is 774. The molecule has 2 rings (SSSR count). The summed E-state index contributed by atoms with van der Waals surface area (Å²) < 4.78 is 11.1. The first-order valence-electron chi connectivity index (χ1n) is 8.62. The number of hydrogen-bond acceptors (Lipinski definition) is 4. The van der Waals surface area contributed by atoms with Crippen molar-refractivity contribution in [1.29, 1.82) is 0 Å². The van der Waals surface area contributed by atoms with Gasteiger partial charge in [0.2, 0.25) is 5.91 Å². The Morgan fingerprint density at radius 1 is 1.00 bits per heavy atom. The molecule has 2 amide bonds. The van der Waals surface area contributed by atoms with Crippen LogP contribution in [0.3, 0.4) is 0 Å². The molecule has 0 aliphatic rings. The molecule has 0 radical (unpaired) electrons. The molecule has 2 aromatic rings. The minimum Gasteiger partial charge on any atom is -0.490 e. The maximum Gasteiger partial charge on any atom is 0.250 e. The van der Waals surface area contributed by atoms with Crippen LogP contribution in [-0.4, -0.2) is 25.0 Å². The molecule has 6 nitrogen and oxygen atoms in total. The third-order valence-corrected chi connectivity index (χ3v) is 3.72. The van der Waals surface area contributed by atoms with Gasteiger partial charge in [-0.05, 0) is 50.1 Å². The molecule has 0 heterocycles. The van der Waals surface area contributed by atoms with E-state index in [-0.39, 0.29) is 12.3 Å². The number of aryl methyl sites for hydroxylation is 1. The second-order valence-corrected chi connectivity index (χ2v) is 5.61. The van der Waals surface area contributed by atoms with Crippen molar-refractivity contribution >= 4 is 17.5 Å². The Morgan fingerprint density at radius 2 is 1.69 bits per heavy atom. The molecule has 26 heavy (non-hydrogen) atoms. The smallest absolute Gasteiger partial charge is 0.250 e. The standard InChI is InChI=1S/C20H24N2O4/c1-3-25-17-11-9-14(13-18(17)26-4-2)10-12-19(23)22-16-8-6-5-7-15(16)20(21)24/h5-9,11,13H,3-4,10,12H2,1-2H3,(H2,21,24)(H,22,23). The van der Waals surface area contributed by atoms with Crippen molar-refractivity contribution in [2.45, 2.75) is 26.7 Å². The Hall–Kier alpha value is -3.02. The van der Waals surface area contributed by atoms with Gasteiger partial charge in [-0.1, -0.05) is 18.2 Å². The highest BCUT2D eigenvalue weighted by atomic mass is 16.5. The molecule has 0 aliphatic heterocycles. The van der Waals surface area contributed by atoms with Crippen LogP contribution in [0.5, 0.6) is 11.5 Å². The zero-order valence-electron chi connectivity index (χ0n) is 15.1. The van der Waals surface area contributed by atoms with Crippen molar-refractivity contribution in [3.63, 3.8) is 0 Å². The summed E-state index contributed by atoms with van der Waals surface area (Å²) >= 11 is 0. The molecule has 0 spiro atoms. The molecule has 6 heteroatoms. The van der Waals surface area contributed by atoms with E-state index < -0.39 is 5.91 Å². The summed E-state index contributed by atoms with van der Waals surface area (Å²) in [5.41, 5.74) is 7.01. The highest BCUT2D eigenvalue weighted by Gasteiger charge is 2.11. The zero-order valence-corrected chi connectivity index (χ0v) is 15.1. The first-order chi connectivity index (χ1) is 12.5. The van der Waals surface area contributed by atoms with E-state index >= 15 is 0 Å². The van der Waals surface area contributed by atoms with E-state index in [0.29, 0.717) is 42.4 Å². The van der Waals surface area contributed by atoms with E-state index in [1.54, 1.807) is 24.3 Å². The number of amides is 2. The summed E-state index contributed by atoms with van der Waals surface area (Å²) in [6.45, 7) is 4.92. The van der Waals surface area contributed by atoms with Gasteiger partial charge in [-0.25, -0.2) is 0 Å². The molecule has 0 saturated heterocycles. The molecule has 138 valence electrons. The number of rotatable bonds is 9. The van der Waals surface area contributed by atoms with Crippen molar-refractivity contribution < 1.29 is 19.1 Å². The molecular formula is C20H24N2O4. The zero-order chi connectivity index (χ0) is 18.9. The van der Waals surface area contributed by atoms with Gasteiger partial charge >= 0.3 is 0 Å². The lowest BCUT2D eigenvalue weighted by Crippen LogP contribution is -2.18. The van der Waals surface area contributed by atoms with Crippen LogP contribution in [0.25, 0.3) is 0 Å². The molecule has 0 saturated carbocycles. The number of anilines is 1. The second-order valence-electron chi connectivity index (χ2n) is 5.61. The monoisotopic (exact) mass is 356 g/mol. The maximum absolute atomic E-state index is 12.2. The Kier molecular flexibility index (Phi) is 7.02. The van der Waals surface area contributed by atoms with Crippen LogP contribution in [0.2, 0.25) is 0 Å². The van der Waals surface area contributed by atoms with Crippen LogP contribution < -0.4 is 20.5 Å². The first-order valence-corrected chi connectivity index (χ1v) is 8.62. The molecule has 0 atom stereocenters. The van der Waals surface area contributed by atoms with E-state index in [4.69, 9.17) is 15.2 Å². The SMILES string of the molecule is CCOc1ccc(CCC(=O)Nc2ccccc2C(N)=O)cc1OCC. The number of primary amides is 1. The Labute approximate surface area is 153 Å². The fourth-order valence-corrected chi connectivity index (χ4v) is 2.53. The molecular weight excluding hydrogens is 332 g/mol. The van der Waals surface area contributed by atoms with Crippen LogP contribution >= 0.6 is 0 Å². The van der Waals surface area contributed by atoms with Gasteiger partial charge in [0, 0.05) is 6.42 Å². The minimum atomic E-state index is -0.575. The van der Waals surface area contributed by atoms with Gasteiger partial charge in [-0.3, -0.25) is 9.59 Å². The number of hydrogen-bond donors (Lipinski definition) is 2. The Morgan fingerprint density at radius 3 is 2.38 bits per heavy atom. The van der Waals surface area contributed by atoms with Crippen molar-refractivity contribution in [2.24, 2.45) is 5.73 Å². The quantitative estimate of drug-likeness (QED) is 0.722. The van der Waals surface area contributed by atoms with Crippen LogP contribution in [0.15, 0.2) is 42.5 Å². The summed E-state index contributed by atoms with van der Waals surface area (Å²) in [5.74, 6) is 0.601. The summed E-state index contributed by atoms with van der Waals surface area (Å²) in [7, 11) is 0. The van der Waals surface area contributed by atoms with Crippen LogP contribution in [-0.2, 0) is 11.2 Å². The van der Waals surface area contributed by atoms with Gasteiger partial charge in [-0.2, -0.15) is 0 Å². The highest BCUT2D eigenvalue weighted by molar-refractivity contribution is 6.02. The van der Waals surface area contributed by atoms with Crippen LogP contribution in [0.4, 0.5) is 5.69 Å². The number of carbonyl (C=O) groups excluding carboxylic acids is 2. The first kappa shape index (κ1) is 19.3. The number of nitrogens with one attached hydrogen (secondary N) is 1. The largest absolute Gasteiger partial charge is 0.490 e. The van der Waals surface area contributed by atoms with Gasteiger partial charge in [0.15, 0.2) is 11.5 Å². The van der Waals surface area contributed by atoms with E-state index in [1.807, 2.05) is 32.0 Å². The highest BCUT2D eigenvalue weighted by Crippen LogP contribution is 2.29. The van der Waals surface area contributed by atoms with Crippen molar-refractivity contribution in [1.82, 2.24) is 0 Å². The number of benzene rings is 2. The lowest BCUT2D eigenvalue weighted by atomic mass is 10.1. The average molecular weight is 356 g/mol. The predicted octanol–water partition coefficient (Wildman–Crippen LogP) is 3.15. The van der Waals surface area contributed by atoms with Crippen molar-refractivity contribution in [3.8, 4) is 11.5 Å². The molecule has 0 aliphatic carbocycles. The van der Waals surface area contributed by atoms with Gasteiger partial charge in [0.25, 0.3) is 5.91 Å². The van der Waals surface area contributed by atoms with E-state index in [0.717, 1.165) is 5.56 Å². The van der Waals surface area contributed by atoms with Gasteiger partial charge in [-0.15, -0.1) is 0 Å². The molecule has 0 fully saturated rings.